The molecule has 1 aliphatic carbocycles. The number of thiocarbonyl (C=S) groups is 1. The van der Waals surface area contributed by atoms with Gasteiger partial charge in [-0.1, -0.05) is 19.1 Å². The third-order valence-corrected chi connectivity index (χ3v) is 5.80. The Balaban J connectivity index is 1.94. The molecule has 0 radical (unpaired) electrons. The molecule has 0 bridgehead atoms. The Bertz CT molecular complexity index is 382. The predicted molar refractivity (Wildman–Crippen MR) is 76.7 cm³/mol. The van der Waals surface area contributed by atoms with E-state index in [0.717, 1.165) is 25.7 Å². The molecule has 1 saturated heterocycles. The smallest absolute Gasteiger partial charge is 0.233 e. The van der Waals surface area contributed by atoms with Gasteiger partial charge in [-0.05, 0) is 31.6 Å². The Morgan fingerprint density at radius 2 is 1.94 bits per heavy atom. The number of rotatable bonds is 3. The minimum absolute atomic E-state index is 0.0224. The number of hydrogen-bond acceptors (Lipinski definition) is 3. The van der Waals surface area contributed by atoms with Crippen LogP contribution >= 0.6 is 12.2 Å². The Morgan fingerprint density at radius 3 is 2.39 bits per heavy atom. The predicted octanol–water partition coefficient (Wildman–Crippen LogP) is 0.716. The van der Waals surface area contributed by atoms with E-state index in [1.165, 1.54) is 0 Å². The molecule has 0 spiro atoms. The Morgan fingerprint density at radius 1 is 1.39 bits per heavy atom. The maximum atomic E-state index is 12.3. The van der Waals surface area contributed by atoms with E-state index in [4.69, 9.17) is 18.0 Å². The van der Waals surface area contributed by atoms with Gasteiger partial charge in [0.25, 0.3) is 0 Å². The van der Waals surface area contributed by atoms with E-state index in [0.29, 0.717) is 22.4 Å². The zero-order valence-corrected chi connectivity index (χ0v) is 12.2. The van der Waals surface area contributed by atoms with Crippen LogP contribution in [-0.4, -0.2) is 32.7 Å². The van der Waals surface area contributed by atoms with Crippen molar-refractivity contribution < 1.29 is 9.00 Å². The first-order valence-electron chi connectivity index (χ1n) is 6.40. The van der Waals surface area contributed by atoms with Crippen LogP contribution in [-0.2, 0) is 15.6 Å². The molecule has 1 heterocycles. The van der Waals surface area contributed by atoms with Crippen molar-refractivity contribution in [3.05, 3.63) is 0 Å². The molecule has 3 N–H and O–H groups in total. The standard InChI is InChI=1S/C12H20N2O2S2/c1-8-6-12(7-8,10(13)17)11(15)14-9-2-4-18(16)5-3-9/h8-9H,2-7H2,1H3,(H2,13,17)(H,14,15). The number of carbonyl (C=O) groups is 1. The summed E-state index contributed by atoms with van der Waals surface area (Å²) in [5, 5.41) is 3.04. The lowest BCUT2D eigenvalue weighted by atomic mass is 9.62. The molecule has 1 aliphatic heterocycles. The Hall–Kier alpha value is -0.490. The third kappa shape index (κ3) is 2.59. The monoisotopic (exact) mass is 288 g/mol. The van der Waals surface area contributed by atoms with Crippen molar-refractivity contribution in [2.24, 2.45) is 17.1 Å². The van der Waals surface area contributed by atoms with Gasteiger partial charge in [-0.2, -0.15) is 0 Å². The van der Waals surface area contributed by atoms with Crippen molar-refractivity contribution in [1.82, 2.24) is 5.32 Å². The van der Waals surface area contributed by atoms with Crippen molar-refractivity contribution in [2.45, 2.75) is 38.6 Å². The van der Waals surface area contributed by atoms with E-state index >= 15 is 0 Å². The highest BCUT2D eigenvalue weighted by atomic mass is 32.2. The highest BCUT2D eigenvalue weighted by Crippen LogP contribution is 2.46. The van der Waals surface area contributed by atoms with Crippen molar-refractivity contribution in [3.8, 4) is 0 Å². The SMILES string of the molecule is CC1CC(C(=O)NC2CCS(=O)CC2)(C(N)=S)C1. The highest BCUT2D eigenvalue weighted by Gasteiger charge is 2.51. The summed E-state index contributed by atoms with van der Waals surface area (Å²) in [6, 6.07) is 0.136. The topological polar surface area (TPSA) is 72.2 Å². The number of nitrogens with one attached hydrogen (secondary N) is 1. The number of nitrogens with two attached hydrogens (primary N) is 1. The molecule has 2 fully saturated rings. The average molecular weight is 288 g/mol. The molecular formula is C12H20N2O2S2. The second-order valence-corrected chi connectivity index (χ2v) is 7.69. The van der Waals surface area contributed by atoms with Crippen molar-refractivity contribution >= 4 is 33.9 Å². The molecule has 102 valence electrons. The first kappa shape index (κ1) is 13.9. The molecule has 0 aromatic heterocycles. The van der Waals surface area contributed by atoms with Crippen LogP contribution in [0.25, 0.3) is 0 Å². The molecule has 1 amide bonds. The summed E-state index contributed by atoms with van der Waals surface area (Å²) in [5.41, 5.74) is 5.13. The molecule has 6 heteroatoms. The lowest BCUT2D eigenvalue weighted by molar-refractivity contribution is -0.133. The van der Waals surface area contributed by atoms with E-state index in [-0.39, 0.29) is 11.9 Å². The summed E-state index contributed by atoms with van der Waals surface area (Å²) >= 11 is 5.06. The molecule has 4 nitrogen and oxygen atoms in total. The lowest BCUT2D eigenvalue weighted by Crippen LogP contribution is -2.58. The van der Waals surface area contributed by atoms with Crippen LogP contribution in [0.4, 0.5) is 0 Å². The van der Waals surface area contributed by atoms with Crippen LogP contribution in [0.1, 0.15) is 32.6 Å². The maximum absolute atomic E-state index is 12.3. The van der Waals surface area contributed by atoms with Crippen LogP contribution in [0.5, 0.6) is 0 Å². The number of carbonyl (C=O) groups excluding carboxylic acids is 1. The molecule has 2 aliphatic rings. The van der Waals surface area contributed by atoms with Gasteiger partial charge in [0.2, 0.25) is 5.91 Å². The van der Waals surface area contributed by atoms with E-state index in [2.05, 4.69) is 12.2 Å². The summed E-state index contributed by atoms with van der Waals surface area (Å²) < 4.78 is 11.3. The molecule has 2 rings (SSSR count). The zero-order valence-electron chi connectivity index (χ0n) is 10.6. The van der Waals surface area contributed by atoms with E-state index in [9.17, 15) is 9.00 Å². The number of amides is 1. The van der Waals surface area contributed by atoms with Gasteiger partial charge in [0.05, 0.1) is 10.4 Å². The van der Waals surface area contributed by atoms with Gasteiger partial charge in [0.15, 0.2) is 0 Å². The van der Waals surface area contributed by atoms with E-state index in [1.54, 1.807) is 0 Å². The van der Waals surface area contributed by atoms with Gasteiger partial charge < -0.3 is 11.1 Å². The van der Waals surface area contributed by atoms with Gasteiger partial charge in [-0.15, -0.1) is 0 Å². The van der Waals surface area contributed by atoms with E-state index in [1.807, 2.05) is 0 Å². The van der Waals surface area contributed by atoms with Gasteiger partial charge in [0.1, 0.15) is 0 Å². The molecule has 18 heavy (non-hydrogen) atoms. The second-order valence-electron chi connectivity index (χ2n) is 5.56. The van der Waals surface area contributed by atoms with E-state index < -0.39 is 16.2 Å². The van der Waals surface area contributed by atoms with Crippen LogP contribution < -0.4 is 11.1 Å². The minimum Gasteiger partial charge on any atom is -0.392 e. The first-order chi connectivity index (χ1) is 8.44. The summed E-state index contributed by atoms with van der Waals surface area (Å²) in [4.78, 5) is 12.6. The summed E-state index contributed by atoms with van der Waals surface area (Å²) in [5.74, 6) is 1.85. The molecule has 0 atom stereocenters. The first-order valence-corrected chi connectivity index (χ1v) is 8.29. The van der Waals surface area contributed by atoms with Crippen molar-refractivity contribution in [2.75, 3.05) is 11.5 Å². The Labute approximate surface area is 116 Å². The van der Waals surface area contributed by atoms with Gasteiger partial charge in [-0.3, -0.25) is 9.00 Å². The molecule has 0 unspecified atom stereocenters. The molecule has 0 aromatic rings. The second kappa shape index (κ2) is 5.25. The fourth-order valence-electron chi connectivity index (χ4n) is 2.89. The van der Waals surface area contributed by atoms with Crippen LogP contribution in [0.2, 0.25) is 0 Å². The van der Waals surface area contributed by atoms with Crippen molar-refractivity contribution in [3.63, 3.8) is 0 Å². The third-order valence-electron chi connectivity index (χ3n) is 4.02. The number of hydrogen-bond donors (Lipinski definition) is 2. The molecule has 0 aromatic carbocycles. The highest BCUT2D eigenvalue weighted by molar-refractivity contribution is 7.85. The van der Waals surface area contributed by atoms with Crippen LogP contribution in [0.15, 0.2) is 0 Å². The Kier molecular flexibility index (Phi) is 4.06. The fraction of sp³-hybridized carbons (Fsp3) is 0.833. The molecular weight excluding hydrogens is 268 g/mol. The summed E-state index contributed by atoms with van der Waals surface area (Å²) in [6.07, 6.45) is 3.10. The molecule has 1 saturated carbocycles. The maximum Gasteiger partial charge on any atom is 0.233 e. The lowest BCUT2D eigenvalue weighted by Gasteiger charge is -2.45. The van der Waals surface area contributed by atoms with Gasteiger partial charge >= 0.3 is 0 Å². The van der Waals surface area contributed by atoms with Crippen LogP contribution in [0.3, 0.4) is 0 Å². The van der Waals surface area contributed by atoms with Crippen LogP contribution in [0, 0.1) is 11.3 Å². The largest absolute Gasteiger partial charge is 0.392 e. The van der Waals surface area contributed by atoms with Gasteiger partial charge in [-0.25, -0.2) is 0 Å². The fourth-order valence-corrected chi connectivity index (χ4v) is 4.45. The summed E-state index contributed by atoms with van der Waals surface area (Å²) in [7, 11) is -0.701. The summed E-state index contributed by atoms with van der Waals surface area (Å²) in [6.45, 7) is 2.10. The normalized spacial score (nSPS) is 39.7. The van der Waals surface area contributed by atoms with Crippen molar-refractivity contribution in [1.29, 1.82) is 0 Å². The quantitative estimate of drug-likeness (QED) is 0.751. The zero-order chi connectivity index (χ0) is 13.3. The van der Waals surface area contributed by atoms with Gasteiger partial charge in [0, 0.05) is 28.3 Å². The minimum atomic E-state index is -0.701. The average Bonchev–Trinajstić information content (AvgIpc) is 2.27.